The number of sulfone groups is 1. The van der Waals surface area contributed by atoms with Crippen molar-refractivity contribution >= 4 is 16.1 Å². The molecule has 0 radical (unpaired) electrons. The molecule has 0 N–H and O–H groups in total. The van der Waals surface area contributed by atoms with E-state index in [9.17, 15) is 12.8 Å². The first-order chi connectivity index (χ1) is 15.5. The second-order valence-corrected chi connectivity index (χ2v) is 10.3. The van der Waals surface area contributed by atoms with Crippen LogP contribution in [0.2, 0.25) is 0 Å². The summed E-state index contributed by atoms with van der Waals surface area (Å²) in [6, 6.07) is 15.3. The van der Waals surface area contributed by atoms with E-state index >= 15 is 0 Å². The lowest BCUT2D eigenvalue weighted by atomic mass is 10.1. The Labute approximate surface area is 187 Å². The minimum atomic E-state index is -3.77. The molecule has 8 heteroatoms. The van der Waals surface area contributed by atoms with Crippen LogP contribution in [-0.2, 0) is 16.4 Å². The van der Waals surface area contributed by atoms with Crippen molar-refractivity contribution < 1.29 is 12.8 Å². The van der Waals surface area contributed by atoms with Gasteiger partial charge in [0.1, 0.15) is 11.1 Å². The molecule has 5 rings (SSSR count). The van der Waals surface area contributed by atoms with E-state index in [1.165, 1.54) is 30.0 Å². The first-order valence-corrected chi connectivity index (χ1v) is 12.3. The quantitative estimate of drug-likeness (QED) is 0.698. The molecule has 0 amide bonds. The molecule has 166 valence electrons. The molecule has 1 saturated heterocycles. The van der Waals surface area contributed by atoms with Crippen molar-refractivity contribution in [2.75, 3.05) is 26.2 Å². The van der Waals surface area contributed by atoms with Crippen LogP contribution in [0.25, 0.3) is 0 Å². The van der Waals surface area contributed by atoms with Crippen molar-refractivity contribution in [1.29, 1.82) is 0 Å². The van der Waals surface area contributed by atoms with Crippen LogP contribution in [0.5, 0.6) is 0 Å². The van der Waals surface area contributed by atoms with E-state index in [0.29, 0.717) is 5.57 Å². The summed E-state index contributed by atoms with van der Waals surface area (Å²) < 4.78 is 40.0. The maximum absolute atomic E-state index is 13.6. The van der Waals surface area contributed by atoms with Crippen LogP contribution in [0.1, 0.15) is 5.56 Å². The summed E-state index contributed by atoms with van der Waals surface area (Å²) in [5.41, 5.74) is 2.00. The number of aliphatic imine (C=N–C) groups is 1. The Balaban J connectivity index is 1.29. The molecule has 2 aromatic carbocycles. The van der Waals surface area contributed by atoms with Gasteiger partial charge in [-0.25, -0.2) is 17.8 Å². The third-order valence-corrected chi connectivity index (χ3v) is 8.11. The lowest BCUT2D eigenvalue weighted by Gasteiger charge is -2.40. The summed E-state index contributed by atoms with van der Waals surface area (Å²) >= 11 is 0. The molecule has 32 heavy (non-hydrogen) atoms. The zero-order chi connectivity index (χ0) is 22.1. The number of rotatable bonds is 5. The molecule has 0 aliphatic carbocycles. The van der Waals surface area contributed by atoms with Crippen LogP contribution in [0.15, 0.2) is 88.5 Å². The minimum Gasteiger partial charge on any atom is -0.296 e. The van der Waals surface area contributed by atoms with Crippen molar-refractivity contribution in [3.8, 4) is 0 Å². The number of hydrazine groups is 1. The van der Waals surface area contributed by atoms with Crippen LogP contribution in [0.3, 0.4) is 0 Å². The summed E-state index contributed by atoms with van der Waals surface area (Å²) in [6.07, 6.45) is 7.23. The molecule has 1 fully saturated rings. The van der Waals surface area contributed by atoms with E-state index in [2.05, 4.69) is 39.2 Å². The lowest BCUT2D eigenvalue weighted by molar-refractivity contribution is 0.00808. The Bertz CT molecular complexity index is 1170. The molecular weight excluding hydrogens is 427 g/mol. The first-order valence-electron chi connectivity index (χ1n) is 10.7. The molecule has 6 nitrogen and oxygen atoms in total. The molecule has 0 bridgehead atoms. The van der Waals surface area contributed by atoms with Gasteiger partial charge in [-0.15, -0.1) is 0 Å². The highest BCUT2D eigenvalue weighted by Gasteiger charge is 2.38. The van der Waals surface area contributed by atoms with E-state index in [4.69, 9.17) is 0 Å². The summed E-state index contributed by atoms with van der Waals surface area (Å²) in [6.45, 7) is 4.46. The number of benzene rings is 2. The summed E-state index contributed by atoms with van der Waals surface area (Å²) in [5.74, 6) is -0.565. The van der Waals surface area contributed by atoms with Gasteiger partial charge in [-0.1, -0.05) is 36.4 Å². The minimum absolute atomic E-state index is 0.0221. The number of hydrogen-bond acceptors (Lipinski definition) is 6. The highest BCUT2D eigenvalue weighted by atomic mass is 32.2. The maximum Gasteiger partial charge on any atom is 0.190 e. The van der Waals surface area contributed by atoms with Gasteiger partial charge in [0.05, 0.1) is 10.9 Å². The first kappa shape index (κ1) is 21.1. The predicted octanol–water partition coefficient (Wildman–Crippen LogP) is 2.87. The van der Waals surface area contributed by atoms with Gasteiger partial charge in [0, 0.05) is 51.3 Å². The Morgan fingerprint density at radius 2 is 1.78 bits per heavy atom. The molecule has 0 aromatic heterocycles. The van der Waals surface area contributed by atoms with Crippen molar-refractivity contribution in [2.24, 2.45) is 4.99 Å². The number of piperazine rings is 1. The monoisotopic (exact) mass is 452 g/mol. The van der Waals surface area contributed by atoms with Gasteiger partial charge in [-0.3, -0.25) is 14.9 Å². The van der Waals surface area contributed by atoms with Gasteiger partial charge in [0.25, 0.3) is 0 Å². The summed E-state index contributed by atoms with van der Waals surface area (Å²) in [4.78, 5) is 6.79. The summed E-state index contributed by atoms with van der Waals surface area (Å²) in [5, 5.41) is 3.31. The second-order valence-electron chi connectivity index (χ2n) is 8.23. The van der Waals surface area contributed by atoms with E-state index in [-0.39, 0.29) is 10.9 Å². The molecule has 2 unspecified atom stereocenters. The fraction of sp³-hybridized carbons (Fsp3) is 0.292. The average Bonchev–Trinajstić information content (AvgIpc) is 3.24. The normalized spacial score (nSPS) is 23.9. The fourth-order valence-corrected chi connectivity index (χ4v) is 6.01. The third kappa shape index (κ3) is 4.13. The molecule has 2 aromatic rings. The predicted molar refractivity (Wildman–Crippen MR) is 122 cm³/mol. The van der Waals surface area contributed by atoms with E-state index in [1.807, 2.05) is 29.6 Å². The van der Waals surface area contributed by atoms with E-state index < -0.39 is 20.9 Å². The molecule has 0 saturated carbocycles. The number of hydrogen-bond donors (Lipinski definition) is 0. The van der Waals surface area contributed by atoms with Gasteiger partial charge >= 0.3 is 0 Å². The van der Waals surface area contributed by atoms with Crippen molar-refractivity contribution in [3.63, 3.8) is 0 Å². The molecule has 2 atom stereocenters. The molecule has 3 aliphatic rings. The maximum atomic E-state index is 13.6. The SMILES string of the molecule is O=S(=O)(c1cccc(F)c1)C1C=NC2C=CN(N3CCN(Cc4ccccc4)CC3)C=C21. The van der Waals surface area contributed by atoms with Gasteiger partial charge < -0.3 is 0 Å². The molecule has 3 aliphatic heterocycles. The highest BCUT2D eigenvalue weighted by Crippen LogP contribution is 2.32. The Hall–Kier alpha value is -2.81. The van der Waals surface area contributed by atoms with E-state index in [0.717, 1.165) is 38.8 Å². The number of halogens is 1. The molecule has 3 heterocycles. The number of fused-ring (bicyclic) bond motifs is 1. The topological polar surface area (TPSA) is 56.2 Å². The Kier molecular flexibility index (Phi) is 5.67. The van der Waals surface area contributed by atoms with Gasteiger partial charge in [-0.05, 0) is 35.4 Å². The second kappa shape index (κ2) is 8.61. The Morgan fingerprint density at radius 3 is 2.53 bits per heavy atom. The van der Waals surface area contributed by atoms with Crippen LogP contribution in [0.4, 0.5) is 4.39 Å². The van der Waals surface area contributed by atoms with Crippen molar-refractivity contribution in [1.82, 2.24) is 14.9 Å². The zero-order valence-electron chi connectivity index (χ0n) is 17.6. The van der Waals surface area contributed by atoms with Gasteiger partial charge in [-0.2, -0.15) is 0 Å². The Morgan fingerprint density at radius 1 is 1.00 bits per heavy atom. The van der Waals surface area contributed by atoms with Crippen LogP contribution < -0.4 is 0 Å². The molecular formula is C24H25FN4O2S. The molecule has 0 spiro atoms. The number of nitrogens with zero attached hydrogens (tertiary/aromatic N) is 4. The van der Waals surface area contributed by atoms with Crippen LogP contribution in [0, 0.1) is 5.82 Å². The van der Waals surface area contributed by atoms with Crippen molar-refractivity contribution in [2.45, 2.75) is 22.7 Å². The third-order valence-electron chi connectivity index (χ3n) is 6.14. The zero-order valence-corrected chi connectivity index (χ0v) is 18.4. The lowest BCUT2D eigenvalue weighted by Crippen LogP contribution is -2.51. The fourth-order valence-electron chi connectivity index (χ4n) is 4.38. The summed E-state index contributed by atoms with van der Waals surface area (Å²) in [7, 11) is -3.77. The van der Waals surface area contributed by atoms with Gasteiger partial charge in [0.15, 0.2) is 9.84 Å². The standard InChI is InChI=1S/C24H25FN4O2S/c25-20-7-4-8-21(15-20)32(30,31)24-16-26-23-9-10-29(18-22(23)24)28-13-11-27(12-14-28)17-19-5-2-1-3-6-19/h1-10,15-16,18,23-24H,11-14,17H2. The largest absolute Gasteiger partial charge is 0.296 e. The van der Waals surface area contributed by atoms with Crippen LogP contribution in [-0.4, -0.2) is 67.0 Å². The van der Waals surface area contributed by atoms with Gasteiger partial charge in [0.2, 0.25) is 0 Å². The smallest absolute Gasteiger partial charge is 0.190 e. The van der Waals surface area contributed by atoms with Crippen LogP contribution >= 0.6 is 0 Å². The van der Waals surface area contributed by atoms with Crippen molar-refractivity contribution in [3.05, 3.63) is 90.0 Å². The van der Waals surface area contributed by atoms with E-state index in [1.54, 1.807) is 0 Å². The average molecular weight is 453 g/mol. The highest BCUT2D eigenvalue weighted by molar-refractivity contribution is 7.93.